The van der Waals surface area contributed by atoms with Crippen LogP contribution in [-0.2, 0) is 16.2 Å². The van der Waals surface area contributed by atoms with E-state index >= 15 is 0 Å². The molecular formula is C24H18ClN3O3. The van der Waals surface area contributed by atoms with Crippen LogP contribution in [0.4, 0.5) is 0 Å². The summed E-state index contributed by atoms with van der Waals surface area (Å²) >= 11 is 6.14. The van der Waals surface area contributed by atoms with Crippen LogP contribution >= 0.6 is 11.6 Å². The van der Waals surface area contributed by atoms with Crippen LogP contribution in [0.25, 0.3) is 0 Å². The summed E-state index contributed by atoms with van der Waals surface area (Å²) in [5.74, 6) is -0.309. The third-order valence-electron chi connectivity index (χ3n) is 6.25. The number of amides is 2. The number of hydrogen-bond acceptors (Lipinski definition) is 5. The lowest BCUT2D eigenvalue weighted by Gasteiger charge is -2.13. The summed E-state index contributed by atoms with van der Waals surface area (Å²) in [7, 11) is 0. The van der Waals surface area contributed by atoms with Gasteiger partial charge in [-0.15, -0.1) is 0 Å². The normalized spacial score (nSPS) is 26.0. The Hall–Kier alpha value is -3.43. The zero-order valence-electron chi connectivity index (χ0n) is 16.4. The van der Waals surface area contributed by atoms with Crippen LogP contribution in [0.3, 0.4) is 0 Å². The van der Waals surface area contributed by atoms with Gasteiger partial charge in [-0.3, -0.25) is 9.59 Å². The number of imide groups is 1. The maximum atomic E-state index is 12.8. The van der Waals surface area contributed by atoms with Gasteiger partial charge < -0.3 is 4.74 Å². The number of nitriles is 1. The molecular weight excluding hydrogens is 414 g/mol. The highest BCUT2D eigenvalue weighted by Crippen LogP contribution is 2.52. The SMILES string of the molecule is N#Cc1ccccc1COc1ccc(Cl)cc1C=NN1C(=O)C2C3C=CC(C3)C2C1=O. The molecule has 4 unspecified atom stereocenters. The molecule has 2 fully saturated rings. The molecule has 2 bridgehead atoms. The van der Waals surface area contributed by atoms with E-state index in [9.17, 15) is 14.9 Å². The number of hydrazone groups is 1. The smallest absolute Gasteiger partial charge is 0.254 e. The molecule has 1 aliphatic heterocycles. The molecule has 2 aromatic carbocycles. The molecule has 1 heterocycles. The number of halogens is 1. The van der Waals surface area contributed by atoms with Gasteiger partial charge in [-0.05, 0) is 42.5 Å². The number of carbonyl (C=O) groups is 2. The molecule has 7 heteroatoms. The lowest BCUT2D eigenvalue weighted by atomic mass is 9.85. The predicted molar refractivity (Wildman–Crippen MR) is 114 cm³/mol. The molecule has 1 saturated carbocycles. The van der Waals surface area contributed by atoms with Crippen molar-refractivity contribution in [2.75, 3.05) is 0 Å². The molecule has 2 aliphatic carbocycles. The van der Waals surface area contributed by atoms with Gasteiger partial charge in [0, 0.05) is 16.1 Å². The van der Waals surface area contributed by atoms with E-state index < -0.39 is 0 Å². The van der Waals surface area contributed by atoms with Crippen molar-refractivity contribution in [2.24, 2.45) is 28.8 Å². The van der Waals surface area contributed by atoms with Crippen molar-refractivity contribution in [2.45, 2.75) is 13.0 Å². The van der Waals surface area contributed by atoms with Crippen LogP contribution in [0.5, 0.6) is 5.75 Å². The van der Waals surface area contributed by atoms with Crippen LogP contribution in [0.1, 0.15) is 23.1 Å². The van der Waals surface area contributed by atoms with E-state index in [4.69, 9.17) is 16.3 Å². The fourth-order valence-electron chi connectivity index (χ4n) is 4.78. The van der Waals surface area contributed by atoms with E-state index in [0.29, 0.717) is 21.9 Å². The van der Waals surface area contributed by atoms with Crippen LogP contribution in [0, 0.1) is 35.0 Å². The molecule has 4 atom stereocenters. The number of rotatable bonds is 5. The fourth-order valence-corrected chi connectivity index (χ4v) is 4.96. The first-order valence-electron chi connectivity index (χ1n) is 10.1. The van der Waals surface area contributed by atoms with Crippen LogP contribution in [0.2, 0.25) is 5.02 Å². The molecule has 5 rings (SSSR count). The minimum Gasteiger partial charge on any atom is -0.488 e. The Balaban J connectivity index is 1.37. The Kier molecular flexibility index (Phi) is 4.84. The summed E-state index contributed by atoms with van der Waals surface area (Å²) in [4.78, 5) is 25.6. The van der Waals surface area contributed by atoms with Gasteiger partial charge in [-0.2, -0.15) is 15.4 Å². The number of allylic oxidation sites excluding steroid dienone is 2. The first-order valence-corrected chi connectivity index (χ1v) is 10.4. The molecule has 0 aromatic heterocycles. The second-order valence-electron chi connectivity index (χ2n) is 7.97. The molecule has 2 amide bonds. The molecule has 3 aliphatic rings. The highest BCUT2D eigenvalue weighted by Gasteiger charge is 2.59. The van der Waals surface area contributed by atoms with E-state index in [1.54, 1.807) is 30.3 Å². The first-order chi connectivity index (χ1) is 15.1. The topological polar surface area (TPSA) is 82.8 Å². The molecule has 0 radical (unpaired) electrons. The van der Waals surface area contributed by atoms with Gasteiger partial charge in [0.1, 0.15) is 12.4 Å². The summed E-state index contributed by atoms with van der Waals surface area (Å²) in [5, 5.41) is 14.9. The van der Waals surface area contributed by atoms with Gasteiger partial charge in [0.05, 0.1) is 29.7 Å². The Morgan fingerprint density at radius 3 is 2.55 bits per heavy atom. The molecule has 0 N–H and O–H groups in total. The van der Waals surface area contributed by atoms with Crippen molar-refractivity contribution in [3.05, 3.63) is 76.3 Å². The number of carbonyl (C=O) groups excluding carboxylic acids is 2. The third kappa shape index (κ3) is 3.31. The van der Waals surface area contributed by atoms with Crippen molar-refractivity contribution in [1.29, 1.82) is 5.26 Å². The van der Waals surface area contributed by atoms with E-state index in [2.05, 4.69) is 11.2 Å². The average Bonchev–Trinajstić information content (AvgIpc) is 3.46. The summed E-state index contributed by atoms with van der Waals surface area (Å²) in [5.41, 5.74) is 1.83. The largest absolute Gasteiger partial charge is 0.488 e. The number of benzene rings is 2. The minimum absolute atomic E-state index is 0.136. The van der Waals surface area contributed by atoms with Crippen molar-refractivity contribution in [3.63, 3.8) is 0 Å². The molecule has 31 heavy (non-hydrogen) atoms. The quantitative estimate of drug-likeness (QED) is 0.408. The monoisotopic (exact) mass is 431 g/mol. The predicted octanol–water partition coefficient (Wildman–Crippen LogP) is 3.93. The summed E-state index contributed by atoms with van der Waals surface area (Å²) in [6.45, 7) is 0.187. The molecule has 1 saturated heterocycles. The Labute approximate surface area is 184 Å². The Morgan fingerprint density at radius 2 is 1.84 bits per heavy atom. The van der Waals surface area contributed by atoms with Gasteiger partial charge in [-0.25, -0.2) is 0 Å². The van der Waals surface area contributed by atoms with Gasteiger partial charge in [-0.1, -0.05) is 42.0 Å². The lowest BCUT2D eigenvalue weighted by Crippen LogP contribution is -2.28. The highest BCUT2D eigenvalue weighted by atomic mass is 35.5. The van der Waals surface area contributed by atoms with Crippen molar-refractivity contribution in [3.8, 4) is 11.8 Å². The second-order valence-corrected chi connectivity index (χ2v) is 8.41. The maximum absolute atomic E-state index is 12.8. The zero-order chi connectivity index (χ0) is 21.5. The fraction of sp³-hybridized carbons (Fsp3) is 0.250. The Bertz CT molecular complexity index is 1150. The summed E-state index contributed by atoms with van der Waals surface area (Å²) in [6, 6.07) is 14.4. The van der Waals surface area contributed by atoms with Crippen LogP contribution in [0.15, 0.2) is 59.7 Å². The van der Waals surface area contributed by atoms with Crippen molar-refractivity contribution >= 4 is 29.6 Å². The lowest BCUT2D eigenvalue weighted by molar-refractivity contribution is -0.140. The number of fused-ring (bicyclic) bond motifs is 5. The van der Waals surface area contributed by atoms with Gasteiger partial charge in [0.25, 0.3) is 11.8 Å². The molecule has 154 valence electrons. The Morgan fingerprint density at radius 1 is 1.13 bits per heavy atom. The van der Waals surface area contributed by atoms with E-state index in [0.717, 1.165) is 17.0 Å². The molecule has 2 aromatic rings. The second kappa shape index (κ2) is 7.68. The number of ether oxygens (including phenoxy) is 1. The van der Waals surface area contributed by atoms with E-state index in [1.165, 1.54) is 6.21 Å². The third-order valence-corrected chi connectivity index (χ3v) is 6.49. The van der Waals surface area contributed by atoms with Gasteiger partial charge in [0.2, 0.25) is 0 Å². The highest BCUT2D eigenvalue weighted by molar-refractivity contribution is 6.31. The first kappa shape index (κ1) is 19.5. The van der Waals surface area contributed by atoms with Gasteiger partial charge >= 0.3 is 0 Å². The number of nitrogens with zero attached hydrogens (tertiary/aromatic N) is 3. The zero-order valence-corrected chi connectivity index (χ0v) is 17.2. The molecule has 0 spiro atoms. The van der Waals surface area contributed by atoms with E-state index in [-0.39, 0.29) is 42.1 Å². The standard InChI is InChI=1S/C24H18ClN3O3/c25-19-7-8-20(31-13-17-4-2-1-3-16(17)11-26)18(10-19)12-27-28-23(29)21-14-5-6-15(9-14)22(21)24(28)30/h1-8,10,12,14-15,21-22H,9,13H2. The van der Waals surface area contributed by atoms with Crippen molar-refractivity contribution in [1.82, 2.24) is 5.01 Å². The van der Waals surface area contributed by atoms with Gasteiger partial charge in [0.15, 0.2) is 0 Å². The maximum Gasteiger partial charge on any atom is 0.254 e. The average molecular weight is 432 g/mol. The minimum atomic E-state index is -0.294. The number of hydrogen-bond donors (Lipinski definition) is 0. The summed E-state index contributed by atoms with van der Waals surface area (Å²) < 4.78 is 5.91. The van der Waals surface area contributed by atoms with E-state index in [1.807, 2.05) is 24.3 Å². The van der Waals surface area contributed by atoms with Crippen molar-refractivity contribution < 1.29 is 14.3 Å². The summed E-state index contributed by atoms with van der Waals surface area (Å²) in [6.07, 6.45) is 6.41. The van der Waals surface area contributed by atoms with Crippen LogP contribution in [-0.4, -0.2) is 23.0 Å². The van der Waals surface area contributed by atoms with Crippen LogP contribution < -0.4 is 4.74 Å². The molecule has 6 nitrogen and oxygen atoms in total.